The van der Waals surface area contributed by atoms with Gasteiger partial charge in [0.25, 0.3) is 5.69 Å². The number of benzene rings is 3. The van der Waals surface area contributed by atoms with Crippen LogP contribution in [0.25, 0.3) is 5.69 Å². The van der Waals surface area contributed by atoms with E-state index in [4.69, 9.17) is 17.0 Å². The number of anilines is 1. The summed E-state index contributed by atoms with van der Waals surface area (Å²) in [7, 11) is 1.37. The van der Waals surface area contributed by atoms with Gasteiger partial charge in [0, 0.05) is 45.7 Å². The minimum absolute atomic E-state index is 0.0576. The maximum absolute atomic E-state index is 12.7. The largest absolute Gasteiger partial charge is 0.465 e. The van der Waals surface area contributed by atoms with Gasteiger partial charge in [-0.25, -0.2) is 4.79 Å². The lowest BCUT2D eigenvalue weighted by Crippen LogP contribution is -2.30. The van der Waals surface area contributed by atoms with Crippen LogP contribution < -0.4 is 10.2 Å². The number of ether oxygens (including phenoxy) is 1. The van der Waals surface area contributed by atoms with Crippen molar-refractivity contribution < 1.29 is 14.5 Å². The number of rotatable bonds is 8. The molecule has 214 valence electrons. The van der Waals surface area contributed by atoms with E-state index in [0.29, 0.717) is 16.4 Å². The van der Waals surface area contributed by atoms with Crippen molar-refractivity contribution in [3.05, 3.63) is 143 Å². The van der Waals surface area contributed by atoms with Crippen LogP contribution in [0.5, 0.6) is 0 Å². The molecule has 6 rings (SSSR count). The number of non-ortho nitro benzene ring substituents is 1. The lowest BCUT2D eigenvalue weighted by Gasteiger charge is -2.29. The van der Waals surface area contributed by atoms with E-state index in [9.17, 15) is 14.9 Å². The summed E-state index contributed by atoms with van der Waals surface area (Å²) in [6.07, 6.45) is 3.69. The number of thiocarbonyl (C=S) groups is 1. The van der Waals surface area contributed by atoms with Gasteiger partial charge in [0.15, 0.2) is 5.11 Å². The van der Waals surface area contributed by atoms with Gasteiger partial charge >= 0.3 is 5.97 Å². The van der Waals surface area contributed by atoms with E-state index in [0.717, 1.165) is 26.9 Å². The molecule has 5 aromatic rings. The second kappa shape index (κ2) is 12.1. The Morgan fingerprint density at radius 3 is 2.33 bits per heavy atom. The summed E-state index contributed by atoms with van der Waals surface area (Å²) in [5.41, 5.74) is 3.82. The van der Waals surface area contributed by atoms with Crippen molar-refractivity contribution in [3.63, 3.8) is 0 Å². The zero-order valence-corrected chi connectivity index (χ0v) is 24.5. The van der Waals surface area contributed by atoms with Gasteiger partial charge in [-0.3, -0.25) is 15.1 Å². The number of pyridine rings is 1. The van der Waals surface area contributed by atoms with Crippen molar-refractivity contribution in [2.75, 3.05) is 12.0 Å². The summed E-state index contributed by atoms with van der Waals surface area (Å²) in [6.45, 7) is 0. The first-order valence-electron chi connectivity index (χ1n) is 13.3. The Bertz CT molecular complexity index is 1790. The Hall–Kier alpha value is -5.00. The molecule has 1 fully saturated rings. The van der Waals surface area contributed by atoms with Crippen molar-refractivity contribution in [2.45, 2.75) is 21.9 Å². The van der Waals surface area contributed by atoms with Crippen LogP contribution in [0, 0.1) is 10.1 Å². The SMILES string of the molecule is COC(=O)c1ccccc1-n1cccc1[C@H]1[C@H](c2ccccn2)NC(=S)N1c1ccc(Sc2ccc([N+](=O)[O-])cc2)cc1. The van der Waals surface area contributed by atoms with Crippen LogP contribution in [0.3, 0.4) is 0 Å². The summed E-state index contributed by atoms with van der Waals surface area (Å²) < 4.78 is 7.06. The van der Waals surface area contributed by atoms with Crippen LogP contribution in [-0.2, 0) is 4.74 Å². The quantitative estimate of drug-likeness (QED) is 0.0874. The molecule has 0 saturated carbocycles. The molecule has 0 amide bonds. The third-order valence-electron chi connectivity index (χ3n) is 7.15. The number of hydrogen-bond donors (Lipinski definition) is 1. The number of methoxy groups -OCH3 is 1. The number of hydrogen-bond acceptors (Lipinski definition) is 7. The zero-order valence-electron chi connectivity index (χ0n) is 22.9. The van der Waals surface area contributed by atoms with E-state index in [2.05, 4.69) is 15.2 Å². The molecule has 0 aliphatic carbocycles. The fourth-order valence-corrected chi connectivity index (χ4v) is 6.36. The molecule has 1 aliphatic rings. The first-order chi connectivity index (χ1) is 20.9. The molecule has 43 heavy (non-hydrogen) atoms. The van der Waals surface area contributed by atoms with E-state index in [1.54, 1.807) is 24.4 Å². The Balaban J connectivity index is 1.38. The molecule has 3 heterocycles. The molecule has 0 radical (unpaired) electrons. The van der Waals surface area contributed by atoms with Crippen molar-refractivity contribution in [1.29, 1.82) is 0 Å². The number of nitrogens with one attached hydrogen (secondary N) is 1. The number of nitro groups is 1. The van der Waals surface area contributed by atoms with Crippen LogP contribution in [0.15, 0.2) is 125 Å². The van der Waals surface area contributed by atoms with Gasteiger partial charge in [-0.1, -0.05) is 30.0 Å². The molecule has 0 bridgehead atoms. The fourth-order valence-electron chi connectivity index (χ4n) is 5.20. The highest BCUT2D eigenvalue weighted by molar-refractivity contribution is 7.99. The second-order valence-corrected chi connectivity index (χ2v) is 11.2. The van der Waals surface area contributed by atoms with Crippen LogP contribution in [0.4, 0.5) is 11.4 Å². The molecule has 2 atom stereocenters. The molecule has 1 aliphatic heterocycles. The van der Waals surface area contributed by atoms with Gasteiger partial charge < -0.3 is 19.5 Å². The molecule has 3 aromatic carbocycles. The van der Waals surface area contributed by atoms with Crippen LogP contribution in [-0.4, -0.2) is 32.7 Å². The highest BCUT2D eigenvalue weighted by Gasteiger charge is 2.42. The molecule has 1 N–H and O–H groups in total. The third kappa shape index (κ3) is 5.60. The Morgan fingerprint density at radius 2 is 1.65 bits per heavy atom. The van der Waals surface area contributed by atoms with E-state index in [-0.39, 0.29) is 17.8 Å². The number of nitrogens with zero attached hydrogens (tertiary/aromatic N) is 4. The number of esters is 1. The van der Waals surface area contributed by atoms with E-state index in [1.165, 1.54) is 31.0 Å². The number of nitro benzene ring substituents is 1. The minimum Gasteiger partial charge on any atom is -0.465 e. The van der Waals surface area contributed by atoms with Gasteiger partial charge in [0.1, 0.15) is 6.04 Å². The van der Waals surface area contributed by atoms with E-state index >= 15 is 0 Å². The van der Waals surface area contributed by atoms with Crippen LogP contribution >= 0.6 is 24.0 Å². The smallest absolute Gasteiger partial charge is 0.339 e. The molecular formula is C32H25N5O4S2. The normalized spacial score (nSPS) is 16.1. The lowest BCUT2D eigenvalue weighted by atomic mass is 10.0. The van der Waals surface area contributed by atoms with Crippen LogP contribution in [0.1, 0.15) is 33.8 Å². The summed E-state index contributed by atoms with van der Waals surface area (Å²) in [4.78, 5) is 31.9. The molecule has 1 saturated heterocycles. The summed E-state index contributed by atoms with van der Waals surface area (Å²) in [6, 6.07) is 31.0. The predicted molar refractivity (Wildman–Crippen MR) is 169 cm³/mol. The van der Waals surface area contributed by atoms with Gasteiger partial charge in [-0.05, 0) is 85.0 Å². The average molecular weight is 608 g/mol. The summed E-state index contributed by atoms with van der Waals surface area (Å²) in [5.74, 6) is -0.422. The molecule has 9 nitrogen and oxygen atoms in total. The van der Waals surface area contributed by atoms with Crippen molar-refractivity contribution >= 4 is 46.4 Å². The fraction of sp³-hybridized carbons (Fsp3) is 0.0938. The van der Waals surface area contributed by atoms with Gasteiger partial charge in [-0.2, -0.15) is 0 Å². The summed E-state index contributed by atoms with van der Waals surface area (Å²) >= 11 is 7.43. The predicted octanol–water partition coefficient (Wildman–Crippen LogP) is 6.90. The molecular weight excluding hydrogens is 583 g/mol. The Labute approximate surface area is 257 Å². The molecule has 11 heteroatoms. The van der Waals surface area contributed by atoms with Crippen molar-refractivity contribution in [1.82, 2.24) is 14.9 Å². The lowest BCUT2D eigenvalue weighted by molar-refractivity contribution is -0.384. The topological polar surface area (TPSA) is 103 Å². The minimum atomic E-state index is -0.422. The first kappa shape index (κ1) is 28.1. The van der Waals surface area contributed by atoms with E-state index in [1.807, 2.05) is 83.6 Å². The number of carbonyl (C=O) groups is 1. The van der Waals surface area contributed by atoms with Crippen molar-refractivity contribution in [2.24, 2.45) is 0 Å². The number of carbonyl (C=O) groups excluding carboxylic acids is 1. The highest BCUT2D eigenvalue weighted by Crippen LogP contribution is 2.43. The number of aromatic nitrogens is 2. The molecule has 0 spiro atoms. The standard InChI is InChI=1S/C32H25N5O4S2/c1-41-31(38)25-7-2-3-9-27(25)35-20-6-10-28(35)30-29(26-8-4-5-19-33-26)34-32(42)36(30)21-11-15-23(16-12-21)43-24-17-13-22(14-18-24)37(39)40/h2-20,29-30H,1H3,(H,34,42)/t29-,30-/m0/s1. The Kier molecular flexibility index (Phi) is 7.91. The average Bonchev–Trinajstić information content (AvgIpc) is 3.66. The number of para-hydroxylation sites is 1. The Morgan fingerprint density at radius 1 is 0.953 bits per heavy atom. The monoisotopic (exact) mass is 607 g/mol. The zero-order chi connectivity index (χ0) is 29.9. The van der Waals surface area contributed by atoms with Crippen LogP contribution in [0.2, 0.25) is 0 Å². The van der Waals surface area contributed by atoms with Gasteiger partial charge in [0.2, 0.25) is 0 Å². The highest BCUT2D eigenvalue weighted by atomic mass is 32.2. The van der Waals surface area contributed by atoms with Gasteiger partial charge in [-0.15, -0.1) is 0 Å². The molecule has 0 unspecified atom stereocenters. The third-order valence-corrected chi connectivity index (χ3v) is 8.48. The van der Waals surface area contributed by atoms with E-state index < -0.39 is 10.9 Å². The maximum atomic E-state index is 12.7. The maximum Gasteiger partial charge on any atom is 0.339 e. The molecule has 2 aromatic heterocycles. The summed E-state index contributed by atoms with van der Waals surface area (Å²) in [5, 5.41) is 15.0. The van der Waals surface area contributed by atoms with Crippen molar-refractivity contribution in [3.8, 4) is 5.69 Å². The van der Waals surface area contributed by atoms with Gasteiger partial charge in [0.05, 0.1) is 35.0 Å². The first-order valence-corrected chi connectivity index (χ1v) is 14.5. The second-order valence-electron chi connectivity index (χ2n) is 9.66.